The van der Waals surface area contributed by atoms with Gasteiger partial charge in [0.25, 0.3) is 0 Å². The largest absolute Gasteiger partial charge is 0.247 e. The van der Waals surface area contributed by atoms with Gasteiger partial charge in [-0.15, -0.1) is 0 Å². The number of benzene rings is 1. The lowest BCUT2D eigenvalue weighted by Crippen LogP contribution is -2.35. The van der Waals surface area contributed by atoms with Crippen molar-refractivity contribution in [3.63, 3.8) is 0 Å². The van der Waals surface area contributed by atoms with Crippen molar-refractivity contribution >= 4 is 12.8 Å². The molecular formula is C13H16FNS. The van der Waals surface area contributed by atoms with Gasteiger partial charge in [0.15, 0.2) is 0 Å². The van der Waals surface area contributed by atoms with Crippen molar-refractivity contribution in [2.75, 3.05) is 0 Å². The van der Waals surface area contributed by atoms with Gasteiger partial charge in [-0.2, -0.15) is 0 Å². The van der Waals surface area contributed by atoms with Crippen molar-refractivity contribution in [1.29, 1.82) is 0 Å². The van der Waals surface area contributed by atoms with E-state index in [4.69, 9.17) is 0 Å². The number of rotatable bonds is 1. The number of fused-ring (bicyclic) bond motifs is 2. The minimum atomic E-state index is -0.140. The summed E-state index contributed by atoms with van der Waals surface area (Å²) in [4.78, 5) is 0. The average Bonchev–Trinajstić information content (AvgIpc) is 2.54. The normalized spacial score (nSPS) is 34.2. The zero-order valence-electron chi connectivity index (χ0n) is 9.14. The van der Waals surface area contributed by atoms with E-state index >= 15 is 0 Å². The van der Waals surface area contributed by atoms with Crippen LogP contribution in [0.25, 0.3) is 0 Å². The van der Waals surface area contributed by atoms with Gasteiger partial charge in [-0.05, 0) is 49.3 Å². The van der Waals surface area contributed by atoms with E-state index in [2.05, 4.69) is 17.1 Å². The van der Waals surface area contributed by atoms with Gasteiger partial charge in [0, 0.05) is 12.1 Å². The molecule has 0 spiro atoms. The summed E-state index contributed by atoms with van der Waals surface area (Å²) in [5, 5.41) is 0. The van der Waals surface area contributed by atoms with Crippen LogP contribution in [0.15, 0.2) is 24.3 Å². The second-order valence-electron chi connectivity index (χ2n) is 4.98. The van der Waals surface area contributed by atoms with Crippen molar-refractivity contribution in [2.24, 2.45) is 0 Å². The van der Waals surface area contributed by atoms with Crippen LogP contribution < -0.4 is 0 Å². The third kappa shape index (κ3) is 1.76. The van der Waals surface area contributed by atoms with Gasteiger partial charge in [0.2, 0.25) is 0 Å². The molecule has 0 N–H and O–H groups in total. The fraction of sp³-hybridized carbons (Fsp3) is 0.538. The Balaban J connectivity index is 1.80. The van der Waals surface area contributed by atoms with Gasteiger partial charge < -0.3 is 0 Å². The highest BCUT2D eigenvalue weighted by atomic mass is 32.1. The quantitative estimate of drug-likeness (QED) is 0.733. The molecule has 1 aromatic rings. The van der Waals surface area contributed by atoms with E-state index in [-0.39, 0.29) is 5.82 Å². The van der Waals surface area contributed by atoms with Gasteiger partial charge in [-0.1, -0.05) is 24.9 Å². The van der Waals surface area contributed by atoms with Crippen molar-refractivity contribution in [3.8, 4) is 0 Å². The first-order valence-electron chi connectivity index (χ1n) is 5.96. The van der Waals surface area contributed by atoms with Crippen LogP contribution in [0.3, 0.4) is 0 Å². The third-order valence-corrected chi connectivity index (χ3v) is 4.69. The molecular weight excluding hydrogens is 221 g/mol. The van der Waals surface area contributed by atoms with E-state index in [1.165, 1.54) is 31.2 Å². The molecule has 3 heteroatoms. The summed E-state index contributed by atoms with van der Waals surface area (Å²) in [5.41, 5.74) is 1.29. The topological polar surface area (TPSA) is 3.24 Å². The van der Waals surface area contributed by atoms with Gasteiger partial charge >= 0.3 is 0 Å². The van der Waals surface area contributed by atoms with E-state index in [0.29, 0.717) is 18.0 Å². The van der Waals surface area contributed by atoms with Gasteiger partial charge in [-0.25, -0.2) is 8.70 Å². The molecule has 3 rings (SSSR count). The Hall–Kier alpha value is -0.540. The molecule has 2 heterocycles. The Labute approximate surface area is 101 Å². The SMILES string of the molecule is Fc1ccc(C2CC3CCC(C2)N3S)cc1. The summed E-state index contributed by atoms with van der Waals surface area (Å²) in [6, 6.07) is 8.27. The second-order valence-corrected chi connectivity index (χ2v) is 5.45. The Kier molecular flexibility index (Phi) is 2.68. The minimum absolute atomic E-state index is 0.140. The van der Waals surface area contributed by atoms with E-state index in [1.807, 2.05) is 12.1 Å². The summed E-state index contributed by atoms with van der Waals surface area (Å²) < 4.78 is 15.1. The van der Waals surface area contributed by atoms with Crippen LogP contribution >= 0.6 is 12.8 Å². The smallest absolute Gasteiger partial charge is 0.123 e. The maximum absolute atomic E-state index is 12.9. The number of nitrogens with zero attached hydrogens (tertiary/aromatic N) is 1. The monoisotopic (exact) mass is 237 g/mol. The second kappa shape index (κ2) is 4.04. The maximum Gasteiger partial charge on any atom is 0.123 e. The summed E-state index contributed by atoms with van der Waals surface area (Å²) in [6.45, 7) is 0. The highest BCUT2D eigenvalue weighted by molar-refractivity contribution is 7.77. The Morgan fingerprint density at radius 2 is 1.62 bits per heavy atom. The summed E-state index contributed by atoms with van der Waals surface area (Å²) in [6.07, 6.45) is 4.88. The van der Waals surface area contributed by atoms with Crippen LogP contribution in [0.1, 0.15) is 37.2 Å². The lowest BCUT2D eigenvalue weighted by Gasteiger charge is -2.35. The zero-order chi connectivity index (χ0) is 11.1. The van der Waals surface area contributed by atoms with Crippen molar-refractivity contribution < 1.29 is 4.39 Å². The molecule has 2 atom stereocenters. The molecule has 86 valence electrons. The Morgan fingerprint density at radius 1 is 1.06 bits per heavy atom. The molecule has 0 amide bonds. The minimum Gasteiger partial charge on any atom is -0.247 e. The lowest BCUT2D eigenvalue weighted by atomic mass is 9.86. The molecule has 1 aromatic carbocycles. The van der Waals surface area contributed by atoms with Crippen molar-refractivity contribution in [1.82, 2.24) is 4.31 Å². The molecule has 2 aliphatic rings. The first kappa shape index (κ1) is 10.6. The van der Waals surface area contributed by atoms with Crippen LogP contribution in [0.2, 0.25) is 0 Å². The van der Waals surface area contributed by atoms with E-state index in [0.717, 1.165) is 0 Å². The molecule has 0 radical (unpaired) electrons. The van der Waals surface area contributed by atoms with E-state index < -0.39 is 0 Å². The van der Waals surface area contributed by atoms with Crippen LogP contribution in [-0.2, 0) is 0 Å². The predicted molar refractivity (Wildman–Crippen MR) is 66.0 cm³/mol. The third-order valence-electron chi connectivity index (χ3n) is 4.04. The van der Waals surface area contributed by atoms with Crippen LogP contribution in [0.5, 0.6) is 0 Å². The van der Waals surface area contributed by atoms with Crippen LogP contribution in [-0.4, -0.2) is 16.4 Å². The first-order valence-corrected chi connectivity index (χ1v) is 6.36. The number of hydrogen-bond acceptors (Lipinski definition) is 2. The summed E-state index contributed by atoms with van der Waals surface area (Å²) >= 11 is 4.56. The van der Waals surface area contributed by atoms with Gasteiger partial charge in [0.05, 0.1) is 0 Å². The summed E-state index contributed by atoms with van der Waals surface area (Å²) in [5.74, 6) is 0.458. The molecule has 2 fully saturated rings. The molecule has 1 nitrogen and oxygen atoms in total. The number of hydrogen-bond donors (Lipinski definition) is 1. The van der Waals surface area contributed by atoms with Gasteiger partial charge in [-0.3, -0.25) is 0 Å². The Bertz CT molecular complexity index is 364. The van der Waals surface area contributed by atoms with Crippen molar-refractivity contribution in [3.05, 3.63) is 35.6 Å². The molecule has 2 bridgehead atoms. The standard InChI is InChI=1S/C13H16FNS/c14-11-3-1-9(2-4-11)10-7-12-5-6-13(8-10)15(12)16/h1-4,10,12-13,16H,5-8H2. The zero-order valence-corrected chi connectivity index (χ0v) is 10.0. The highest BCUT2D eigenvalue weighted by Gasteiger charge is 2.39. The van der Waals surface area contributed by atoms with E-state index in [9.17, 15) is 4.39 Å². The summed E-state index contributed by atoms with van der Waals surface area (Å²) in [7, 11) is 0. The number of halogens is 1. The molecule has 2 unspecified atom stereocenters. The van der Waals surface area contributed by atoms with E-state index in [1.54, 1.807) is 12.1 Å². The highest BCUT2D eigenvalue weighted by Crippen LogP contribution is 2.43. The molecule has 0 aliphatic carbocycles. The number of piperidine rings is 1. The van der Waals surface area contributed by atoms with Crippen molar-refractivity contribution in [2.45, 2.75) is 43.7 Å². The fourth-order valence-electron chi connectivity index (χ4n) is 3.16. The van der Waals surface area contributed by atoms with Gasteiger partial charge in [0.1, 0.15) is 5.82 Å². The molecule has 0 aromatic heterocycles. The first-order chi connectivity index (χ1) is 7.74. The lowest BCUT2D eigenvalue weighted by molar-refractivity contribution is 0.248. The maximum atomic E-state index is 12.9. The van der Waals surface area contributed by atoms with Crippen LogP contribution in [0, 0.1) is 5.82 Å². The molecule has 0 saturated carbocycles. The molecule has 16 heavy (non-hydrogen) atoms. The predicted octanol–water partition coefficient (Wildman–Crippen LogP) is 3.38. The number of thiol groups is 1. The molecule has 2 aliphatic heterocycles. The average molecular weight is 237 g/mol. The van der Waals surface area contributed by atoms with Crippen LogP contribution in [0.4, 0.5) is 4.39 Å². The molecule has 2 saturated heterocycles. The Morgan fingerprint density at radius 3 is 2.19 bits per heavy atom. The fourth-order valence-corrected chi connectivity index (χ4v) is 3.58.